The van der Waals surface area contributed by atoms with Crippen LogP contribution in [-0.2, 0) is 4.74 Å². The van der Waals surface area contributed by atoms with E-state index >= 15 is 0 Å². The number of methoxy groups -OCH3 is 1. The van der Waals surface area contributed by atoms with E-state index in [1.807, 2.05) is 25.1 Å². The Hall–Kier alpha value is -2.28. The second-order valence-electron chi connectivity index (χ2n) is 5.41. The Morgan fingerprint density at radius 2 is 2.23 bits per heavy atom. The van der Waals surface area contributed by atoms with E-state index in [0.717, 1.165) is 36.8 Å². The summed E-state index contributed by atoms with van der Waals surface area (Å²) in [6.45, 7) is 3.52. The lowest BCUT2D eigenvalue weighted by Crippen LogP contribution is -2.35. The molecule has 22 heavy (non-hydrogen) atoms. The standard InChI is InChI=1S/C15H20N6O/c1-11-3-4-14(20-19-11)17-8-12-7-13(22-2)9-21(12)15-5-6-16-10-18-15/h3-6,10,12-13H,7-9H2,1-2H3,(H,17,20)/t12-,13-/m1/s1. The van der Waals surface area contributed by atoms with Gasteiger partial charge in [-0.2, -0.15) is 5.10 Å². The highest BCUT2D eigenvalue weighted by Gasteiger charge is 2.32. The Kier molecular flexibility index (Phi) is 4.43. The van der Waals surface area contributed by atoms with Gasteiger partial charge in [0.05, 0.1) is 17.8 Å². The number of ether oxygens (including phenoxy) is 1. The lowest BCUT2D eigenvalue weighted by atomic mass is 10.2. The van der Waals surface area contributed by atoms with Gasteiger partial charge in [0.2, 0.25) is 0 Å². The Morgan fingerprint density at radius 3 is 2.91 bits per heavy atom. The monoisotopic (exact) mass is 300 g/mol. The first-order valence-corrected chi connectivity index (χ1v) is 7.36. The maximum absolute atomic E-state index is 5.52. The second-order valence-corrected chi connectivity index (χ2v) is 5.41. The quantitative estimate of drug-likeness (QED) is 0.891. The molecule has 2 atom stereocenters. The molecule has 7 nitrogen and oxygen atoms in total. The third kappa shape index (κ3) is 3.30. The lowest BCUT2D eigenvalue weighted by Gasteiger charge is -2.25. The van der Waals surface area contributed by atoms with Gasteiger partial charge < -0.3 is 15.0 Å². The van der Waals surface area contributed by atoms with Gasteiger partial charge in [0.15, 0.2) is 0 Å². The van der Waals surface area contributed by atoms with Crippen LogP contribution in [0.5, 0.6) is 0 Å². The Labute approximate surface area is 129 Å². The average molecular weight is 300 g/mol. The predicted octanol–water partition coefficient (Wildman–Crippen LogP) is 1.28. The average Bonchev–Trinajstić information content (AvgIpc) is 2.98. The van der Waals surface area contributed by atoms with Gasteiger partial charge >= 0.3 is 0 Å². The van der Waals surface area contributed by atoms with Crippen LogP contribution in [0.1, 0.15) is 12.1 Å². The zero-order valence-electron chi connectivity index (χ0n) is 12.8. The van der Waals surface area contributed by atoms with E-state index in [9.17, 15) is 0 Å². The van der Waals surface area contributed by atoms with Crippen molar-refractivity contribution in [3.05, 3.63) is 36.4 Å². The highest BCUT2D eigenvalue weighted by atomic mass is 16.5. The van der Waals surface area contributed by atoms with Crippen LogP contribution < -0.4 is 10.2 Å². The van der Waals surface area contributed by atoms with Crippen LogP contribution in [0.3, 0.4) is 0 Å². The maximum atomic E-state index is 5.52. The molecule has 0 unspecified atom stereocenters. The minimum Gasteiger partial charge on any atom is -0.380 e. The number of hydrogen-bond donors (Lipinski definition) is 1. The molecular formula is C15H20N6O. The van der Waals surface area contributed by atoms with Crippen LogP contribution in [0, 0.1) is 6.92 Å². The Morgan fingerprint density at radius 1 is 1.32 bits per heavy atom. The van der Waals surface area contributed by atoms with Gasteiger partial charge in [-0.05, 0) is 31.5 Å². The van der Waals surface area contributed by atoms with Crippen LogP contribution in [-0.4, -0.2) is 52.5 Å². The van der Waals surface area contributed by atoms with Gasteiger partial charge in [-0.15, -0.1) is 5.10 Å². The molecule has 0 radical (unpaired) electrons. The first-order valence-electron chi connectivity index (χ1n) is 7.36. The third-order valence-corrected chi connectivity index (χ3v) is 3.89. The van der Waals surface area contributed by atoms with E-state index in [2.05, 4.69) is 30.4 Å². The van der Waals surface area contributed by atoms with E-state index < -0.39 is 0 Å². The molecule has 3 rings (SSSR count). The highest BCUT2D eigenvalue weighted by molar-refractivity contribution is 5.42. The summed E-state index contributed by atoms with van der Waals surface area (Å²) in [5.74, 6) is 1.71. The van der Waals surface area contributed by atoms with Crippen molar-refractivity contribution in [3.8, 4) is 0 Å². The molecule has 0 aliphatic carbocycles. The maximum Gasteiger partial charge on any atom is 0.148 e. The first kappa shape index (κ1) is 14.6. The molecule has 1 aliphatic rings. The van der Waals surface area contributed by atoms with Gasteiger partial charge in [0.1, 0.15) is 18.0 Å². The molecule has 0 bridgehead atoms. The molecule has 2 aromatic rings. The summed E-state index contributed by atoms with van der Waals surface area (Å²) in [4.78, 5) is 10.6. The van der Waals surface area contributed by atoms with Gasteiger partial charge in [0, 0.05) is 26.4 Å². The van der Waals surface area contributed by atoms with Crippen molar-refractivity contribution in [2.75, 3.05) is 30.4 Å². The van der Waals surface area contributed by atoms with E-state index in [1.165, 1.54) is 0 Å². The molecule has 1 saturated heterocycles. The molecule has 0 amide bonds. The number of aromatic nitrogens is 4. The van der Waals surface area contributed by atoms with E-state index in [4.69, 9.17) is 4.74 Å². The third-order valence-electron chi connectivity index (χ3n) is 3.89. The molecular weight excluding hydrogens is 280 g/mol. The molecule has 1 aliphatic heterocycles. The predicted molar refractivity (Wildman–Crippen MR) is 83.8 cm³/mol. The number of rotatable bonds is 5. The van der Waals surface area contributed by atoms with Crippen molar-refractivity contribution in [2.24, 2.45) is 0 Å². The molecule has 0 aromatic carbocycles. The topological polar surface area (TPSA) is 76.1 Å². The van der Waals surface area contributed by atoms with Gasteiger partial charge in [0.25, 0.3) is 0 Å². The van der Waals surface area contributed by atoms with Gasteiger partial charge in [-0.1, -0.05) is 0 Å². The highest BCUT2D eigenvalue weighted by Crippen LogP contribution is 2.25. The van der Waals surface area contributed by atoms with Gasteiger partial charge in [-0.25, -0.2) is 9.97 Å². The molecule has 2 aromatic heterocycles. The minimum atomic E-state index is 0.214. The van der Waals surface area contributed by atoms with Crippen molar-refractivity contribution in [3.63, 3.8) is 0 Å². The van der Waals surface area contributed by atoms with Crippen LogP contribution in [0.2, 0.25) is 0 Å². The number of anilines is 2. The van der Waals surface area contributed by atoms with Crippen LogP contribution in [0.15, 0.2) is 30.7 Å². The molecule has 3 heterocycles. The molecule has 7 heteroatoms. The SMILES string of the molecule is CO[C@@H]1C[C@H](CNc2ccc(C)nn2)N(c2ccncn2)C1. The summed E-state index contributed by atoms with van der Waals surface area (Å²) in [6, 6.07) is 6.11. The molecule has 116 valence electrons. The molecule has 1 fully saturated rings. The second kappa shape index (κ2) is 6.65. The first-order chi connectivity index (χ1) is 10.8. The summed E-state index contributed by atoms with van der Waals surface area (Å²) < 4.78 is 5.52. The van der Waals surface area contributed by atoms with E-state index in [1.54, 1.807) is 19.6 Å². The summed E-state index contributed by atoms with van der Waals surface area (Å²) in [5, 5.41) is 11.5. The number of nitrogens with one attached hydrogen (secondary N) is 1. The van der Waals surface area contributed by atoms with Crippen LogP contribution in [0.4, 0.5) is 11.6 Å². The molecule has 1 N–H and O–H groups in total. The van der Waals surface area contributed by atoms with Crippen molar-refractivity contribution in [1.29, 1.82) is 0 Å². The number of nitrogens with zero attached hydrogens (tertiary/aromatic N) is 5. The smallest absolute Gasteiger partial charge is 0.148 e. The van der Waals surface area contributed by atoms with E-state index in [0.29, 0.717) is 6.04 Å². The van der Waals surface area contributed by atoms with Crippen molar-refractivity contribution >= 4 is 11.6 Å². The van der Waals surface area contributed by atoms with Crippen molar-refractivity contribution < 1.29 is 4.74 Å². The number of hydrogen-bond acceptors (Lipinski definition) is 7. The fourth-order valence-electron chi connectivity index (χ4n) is 2.69. The molecule has 0 spiro atoms. The molecule has 0 saturated carbocycles. The lowest BCUT2D eigenvalue weighted by molar-refractivity contribution is 0.118. The van der Waals surface area contributed by atoms with Crippen LogP contribution >= 0.6 is 0 Å². The fraction of sp³-hybridized carbons (Fsp3) is 0.467. The van der Waals surface area contributed by atoms with Gasteiger partial charge in [-0.3, -0.25) is 0 Å². The van der Waals surface area contributed by atoms with E-state index in [-0.39, 0.29) is 6.10 Å². The summed E-state index contributed by atoms with van der Waals surface area (Å²) in [5.41, 5.74) is 0.911. The summed E-state index contributed by atoms with van der Waals surface area (Å²) in [6.07, 6.45) is 4.50. The fourth-order valence-corrected chi connectivity index (χ4v) is 2.69. The Bertz CT molecular complexity index is 591. The summed E-state index contributed by atoms with van der Waals surface area (Å²) in [7, 11) is 1.75. The van der Waals surface area contributed by atoms with Crippen molar-refractivity contribution in [2.45, 2.75) is 25.5 Å². The normalized spacial score (nSPS) is 21.1. The zero-order chi connectivity index (χ0) is 15.4. The van der Waals surface area contributed by atoms with Crippen LogP contribution in [0.25, 0.3) is 0 Å². The summed E-state index contributed by atoms with van der Waals surface area (Å²) >= 11 is 0. The largest absolute Gasteiger partial charge is 0.380 e. The zero-order valence-corrected chi connectivity index (χ0v) is 12.8. The van der Waals surface area contributed by atoms with Crippen molar-refractivity contribution in [1.82, 2.24) is 20.2 Å². The number of aryl methyl sites for hydroxylation is 1. The minimum absolute atomic E-state index is 0.214. The Balaban J connectivity index is 1.68.